The highest BCUT2D eigenvalue weighted by atomic mass is 79.9. The average molecular weight is 308 g/mol. The number of hydrazine groups is 1. The van der Waals surface area contributed by atoms with Crippen molar-refractivity contribution >= 4 is 33.3 Å². The summed E-state index contributed by atoms with van der Waals surface area (Å²) in [6, 6.07) is 6.14. The minimum atomic E-state index is 0.538. The van der Waals surface area contributed by atoms with Gasteiger partial charge in [0.15, 0.2) is 5.82 Å². The summed E-state index contributed by atoms with van der Waals surface area (Å²) in [6.07, 6.45) is 1.45. The van der Waals surface area contributed by atoms with Gasteiger partial charge in [-0.15, -0.1) is 0 Å². The summed E-state index contributed by atoms with van der Waals surface area (Å²) >= 11 is 3.40. The predicted octanol–water partition coefficient (Wildman–Crippen LogP) is 2.89. The molecule has 2 rings (SSSR count). The maximum absolute atomic E-state index is 5.36. The van der Waals surface area contributed by atoms with Gasteiger partial charge in [-0.05, 0) is 53.0 Å². The molecular formula is C12H14BrN5. The van der Waals surface area contributed by atoms with E-state index >= 15 is 0 Å². The zero-order valence-electron chi connectivity index (χ0n) is 10.2. The van der Waals surface area contributed by atoms with Crippen molar-refractivity contribution in [3.05, 3.63) is 40.1 Å². The first-order valence-corrected chi connectivity index (χ1v) is 6.22. The fourth-order valence-corrected chi connectivity index (χ4v) is 1.93. The second kappa shape index (κ2) is 5.32. The van der Waals surface area contributed by atoms with Crippen LogP contribution in [0.2, 0.25) is 0 Å². The van der Waals surface area contributed by atoms with Gasteiger partial charge in [0.2, 0.25) is 0 Å². The van der Waals surface area contributed by atoms with Crippen molar-refractivity contribution in [3.63, 3.8) is 0 Å². The third kappa shape index (κ3) is 2.60. The molecule has 0 saturated carbocycles. The van der Waals surface area contributed by atoms with Crippen LogP contribution in [0.3, 0.4) is 0 Å². The summed E-state index contributed by atoms with van der Waals surface area (Å²) in [4.78, 5) is 8.17. The van der Waals surface area contributed by atoms with E-state index in [-0.39, 0.29) is 0 Å². The van der Waals surface area contributed by atoms with Crippen molar-refractivity contribution in [1.82, 2.24) is 9.97 Å². The van der Waals surface area contributed by atoms with Crippen LogP contribution in [0.4, 0.5) is 17.3 Å². The quantitative estimate of drug-likeness (QED) is 0.600. The third-order valence-corrected chi connectivity index (χ3v) is 3.45. The van der Waals surface area contributed by atoms with Crippen LogP contribution in [0.15, 0.2) is 29.0 Å². The molecule has 1 aromatic heterocycles. The van der Waals surface area contributed by atoms with Crippen molar-refractivity contribution in [2.45, 2.75) is 13.8 Å². The Morgan fingerprint density at radius 3 is 2.50 bits per heavy atom. The molecule has 1 aromatic carbocycles. The maximum Gasteiger partial charge on any atom is 0.159 e. The lowest BCUT2D eigenvalue weighted by molar-refractivity contribution is 1.12. The van der Waals surface area contributed by atoms with Crippen LogP contribution in [-0.2, 0) is 0 Å². The Hall–Kier alpha value is -1.66. The average Bonchev–Trinajstić information content (AvgIpc) is 2.36. The molecule has 0 atom stereocenters. The van der Waals surface area contributed by atoms with Crippen molar-refractivity contribution in [2.24, 2.45) is 5.84 Å². The summed E-state index contributed by atoms with van der Waals surface area (Å²) in [6.45, 7) is 4.15. The SMILES string of the molecule is Cc1ccc(Nc2ncnc(NN)c2Br)cc1C. The summed E-state index contributed by atoms with van der Waals surface area (Å²) in [5, 5.41) is 3.22. The molecule has 18 heavy (non-hydrogen) atoms. The van der Waals surface area contributed by atoms with Gasteiger partial charge in [-0.25, -0.2) is 15.8 Å². The molecule has 0 fully saturated rings. The van der Waals surface area contributed by atoms with E-state index < -0.39 is 0 Å². The first-order valence-electron chi connectivity index (χ1n) is 5.43. The molecule has 94 valence electrons. The molecule has 0 unspecified atom stereocenters. The van der Waals surface area contributed by atoms with Gasteiger partial charge in [-0.3, -0.25) is 0 Å². The Labute approximate surface area is 114 Å². The van der Waals surface area contributed by atoms with Gasteiger partial charge in [0.25, 0.3) is 0 Å². The molecule has 0 aliphatic carbocycles. The van der Waals surface area contributed by atoms with Crippen molar-refractivity contribution in [3.8, 4) is 0 Å². The van der Waals surface area contributed by atoms with Gasteiger partial charge in [0.05, 0.1) is 0 Å². The largest absolute Gasteiger partial charge is 0.339 e. The second-order valence-corrected chi connectivity index (χ2v) is 4.75. The Morgan fingerprint density at radius 2 is 1.83 bits per heavy atom. The van der Waals surface area contributed by atoms with E-state index in [1.807, 2.05) is 6.07 Å². The molecule has 0 amide bonds. The number of nitrogen functional groups attached to an aromatic ring is 1. The van der Waals surface area contributed by atoms with Crippen molar-refractivity contribution in [2.75, 3.05) is 10.7 Å². The van der Waals surface area contributed by atoms with Gasteiger partial charge < -0.3 is 10.7 Å². The zero-order chi connectivity index (χ0) is 13.1. The number of nitrogens with zero attached hydrogens (tertiary/aromatic N) is 2. The van der Waals surface area contributed by atoms with Gasteiger partial charge >= 0.3 is 0 Å². The molecule has 0 aliphatic heterocycles. The van der Waals surface area contributed by atoms with Crippen LogP contribution in [0.5, 0.6) is 0 Å². The fourth-order valence-electron chi connectivity index (χ4n) is 1.51. The van der Waals surface area contributed by atoms with Crippen LogP contribution in [0.25, 0.3) is 0 Å². The van der Waals surface area contributed by atoms with Gasteiger partial charge in [0, 0.05) is 5.69 Å². The summed E-state index contributed by atoms with van der Waals surface area (Å²) in [7, 11) is 0. The fraction of sp³-hybridized carbons (Fsp3) is 0.167. The molecule has 5 nitrogen and oxygen atoms in total. The molecule has 1 heterocycles. The number of nitrogens with one attached hydrogen (secondary N) is 2. The van der Waals surface area contributed by atoms with Gasteiger partial charge in [-0.2, -0.15) is 0 Å². The topological polar surface area (TPSA) is 75.9 Å². The Morgan fingerprint density at radius 1 is 1.11 bits per heavy atom. The molecule has 6 heteroatoms. The Kier molecular flexibility index (Phi) is 3.78. The van der Waals surface area contributed by atoms with E-state index in [2.05, 4.69) is 62.6 Å². The normalized spacial score (nSPS) is 10.2. The van der Waals surface area contributed by atoms with Crippen LogP contribution >= 0.6 is 15.9 Å². The number of hydrogen-bond donors (Lipinski definition) is 3. The number of nitrogens with two attached hydrogens (primary N) is 1. The summed E-state index contributed by atoms with van der Waals surface area (Å²) in [5.74, 6) is 6.56. The highest BCUT2D eigenvalue weighted by Gasteiger charge is 2.08. The number of aromatic nitrogens is 2. The lowest BCUT2D eigenvalue weighted by Gasteiger charge is -2.11. The lowest BCUT2D eigenvalue weighted by atomic mass is 10.1. The highest BCUT2D eigenvalue weighted by molar-refractivity contribution is 9.10. The molecular weight excluding hydrogens is 294 g/mol. The minimum absolute atomic E-state index is 0.538. The number of aryl methyl sites for hydroxylation is 2. The first kappa shape index (κ1) is 12.8. The number of benzene rings is 1. The van der Waals surface area contributed by atoms with Crippen LogP contribution in [-0.4, -0.2) is 9.97 Å². The van der Waals surface area contributed by atoms with Crippen LogP contribution in [0.1, 0.15) is 11.1 Å². The maximum atomic E-state index is 5.36. The Balaban J connectivity index is 2.31. The van der Waals surface area contributed by atoms with E-state index in [1.165, 1.54) is 17.5 Å². The highest BCUT2D eigenvalue weighted by Crippen LogP contribution is 2.28. The van der Waals surface area contributed by atoms with E-state index in [0.717, 1.165) is 5.69 Å². The Bertz CT molecular complexity index is 570. The van der Waals surface area contributed by atoms with Crippen molar-refractivity contribution < 1.29 is 0 Å². The van der Waals surface area contributed by atoms with Crippen LogP contribution < -0.4 is 16.6 Å². The monoisotopic (exact) mass is 307 g/mol. The van der Waals surface area contributed by atoms with Gasteiger partial charge in [-0.1, -0.05) is 6.07 Å². The molecule has 0 bridgehead atoms. The van der Waals surface area contributed by atoms with E-state index in [9.17, 15) is 0 Å². The first-order chi connectivity index (χ1) is 8.61. The number of hydrogen-bond acceptors (Lipinski definition) is 5. The van der Waals surface area contributed by atoms with Crippen LogP contribution in [0, 0.1) is 13.8 Å². The lowest BCUT2D eigenvalue weighted by Crippen LogP contribution is -2.10. The minimum Gasteiger partial charge on any atom is -0.339 e. The van der Waals surface area contributed by atoms with E-state index in [0.29, 0.717) is 16.1 Å². The molecule has 0 spiro atoms. The molecule has 0 aliphatic rings. The van der Waals surface area contributed by atoms with E-state index in [1.54, 1.807) is 0 Å². The smallest absolute Gasteiger partial charge is 0.159 e. The zero-order valence-corrected chi connectivity index (χ0v) is 11.7. The van der Waals surface area contributed by atoms with E-state index in [4.69, 9.17) is 5.84 Å². The number of halogens is 1. The predicted molar refractivity (Wildman–Crippen MR) is 76.7 cm³/mol. The number of rotatable bonds is 3. The van der Waals surface area contributed by atoms with Crippen molar-refractivity contribution in [1.29, 1.82) is 0 Å². The van der Waals surface area contributed by atoms with Gasteiger partial charge in [0.1, 0.15) is 16.6 Å². The third-order valence-electron chi connectivity index (χ3n) is 2.70. The molecule has 0 radical (unpaired) electrons. The molecule has 2 aromatic rings. The molecule has 0 saturated heterocycles. The second-order valence-electron chi connectivity index (χ2n) is 3.95. The molecule has 4 N–H and O–H groups in total. The summed E-state index contributed by atoms with van der Waals surface area (Å²) < 4.78 is 0.700. The standard InChI is InChI=1S/C12H14BrN5/c1-7-3-4-9(5-8(7)2)17-11-10(13)12(18-14)16-6-15-11/h3-6H,14H2,1-2H3,(H2,15,16,17,18). The summed E-state index contributed by atoms with van der Waals surface area (Å²) in [5.41, 5.74) is 5.96. The number of anilines is 3.